The van der Waals surface area contributed by atoms with Gasteiger partial charge in [0, 0.05) is 19.8 Å². The summed E-state index contributed by atoms with van der Waals surface area (Å²) >= 11 is 0. The third-order valence-corrected chi connectivity index (χ3v) is 6.87. The predicted molar refractivity (Wildman–Crippen MR) is 153 cm³/mol. The van der Waals surface area contributed by atoms with Crippen LogP contribution in [-0.4, -0.2) is 63.6 Å². The average molecular weight is 517 g/mol. The molecule has 0 aromatic carbocycles. The Hall–Kier alpha value is -0.200. The zero-order chi connectivity index (χ0) is 26.4. The Morgan fingerprint density at radius 3 is 1.50 bits per heavy atom. The van der Waals surface area contributed by atoms with Gasteiger partial charge in [-0.05, 0) is 26.2 Å². The van der Waals surface area contributed by atoms with Crippen LogP contribution in [0.1, 0.15) is 143 Å². The summed E-state index contributed by atoms with van der Waals surface area (Å²) in [7, 11) is 0. The van der Waals surface area contributed by atoms with E-state index in [1.807, 2.05) is 0 Å². The molecular formula is C31H64O5. The molecule has 1 N–H and O–H groups in total. The molecule has 0 radical (unpaired) electrons. The van der Waals surface area contributed by atoms with Crippen LogP contribution >= 0.6 is 0 Å². The van der Waals surface area contributed by atoms with Crippen molar-refractivity contribution in [1.82, 2.24) is 0 Å². The highest BCUT2D eigenvalue weighted by Crippen LogP contribution is 2.17. The highest BCUT2D eigenvalue weighted by molar-refractivity contribution is 4.67. The van der Waals surface area contributed by atoms with Gasteiger partial charge in [-0.25, -0.2) is 0 Å². The molecule has 0 aliphatic rings. The Morgan fingerprint density at radius 1 is 0.472 bits per heavy atom. The maximum Gasteiger partial charge on any atom is 0.0833 e. The molecule has 0 aromatic heterocycles. The van der Waals surface area contributed by atoms with E-state index in [0.717, 1.165) is 25.9 Å². The van der Waals surface area contributed by atoms with E-state index < -0.39 is 0 Å². The zero-order valence-electron chi connectivity index (χ0n) is 24.6. The van der Waals surface area contributed by atoms with Crippen molar-refractivity contribution in [3.8, 4) is 0 Å². The minimum atomic E-state index is 0.0628. The van der Waals surface area contributed by atoms with E-state index in [1.54, 1.807) is 0 Å². The van der Waals surface area contributed by atoms with E-state index in [4.69, 9.17) is 24.1 Å². The van der Waals surface area contributed by atoms with E-state index in [1.165, 1.54) is 103 Å². The van der Waals surface area contributed by atoms with Crippen LogP contribution in [0, 0.1) is 0 Å². The molecule has 2 unspecified atom stereocenters. The molecule has 5 heteroatoms. The molecule has 0 saturated heterocycles. The fourth-order valence-electron chi connectivity index (χ4n) is 4.50. The van der Waals surface area contributed by atoms with Gasteiger partial charge in [-0.15, -0.1) is 0 Å². The second-order valence-electron chi connectivity index (χ2n) is 10.4. The molecule has 5 nitrogen and oxygen atoms in total. The number of hydrogen-bond donors (Lipinski definition) is 1. The third-order valence-electron chi connectivity index (χ3n) is 6.87. The van der Waals surface area contributed by atoms with Crippen molar-refractivity contribution < 1.29 is 24.1 Å². The van der Waals surface area contributed by atoms with Crippen LogP contribution in [0.2, 0.25) is 0 Å². The van der Waals surface area contributed by atoms with Gasteiger partial charge in [0.05, 0.1) is 38.6 Å². The van der Waals surface area contributed by atoms with Crippen molar-refractivity contribution in [2.75, 3.05) is 46.2 Å². The first-order valence-electron chi connectivity index (χ1n) is 15.8. The molecule has 0 rings (SSSR count). The smallest absolute Gasteiger partial charge is 0.0833 e. The molecule has 0 aliphatic heterocycles. The van der Waals surface area contributed by atoms with E-state index in [-0.39, 0.29) is 18.8 Å². The summed E-state index contributed by atoms with van der Waals surface area (Å²) in [5.74, 6) is 0. The molecule has 0 aromatic rings. The van der Waals surface area contributed by atoms with Crippen LogP contribution in [-0.2, 0) is 18.9 Å². The summed E-state index contributed by atoms with van der Waals surface area (Å²) < 4.78 is 23.2. The van der Waals surface area contributed by atoms with Gasteiger partial charge in [0.25, 0.3) is 0 Å². The Labute approximate surface area is 225 Å². The summed E-state index contributed by atoms with van der Waals surface area (Å²) in [5, 5.41) is 8.71. The van der Waals surface area contributed by atoms with Gasteiger partial charge in [0.1, 0.15) is 0 Å². The van der Waals surface area contributed by atoms with Gasteiger partial charge < -0.3 is 24.1 Å². The third kappa shape index (κ3) is 26.9. The van der Waals surface area contributed by atoms with Crippen molar-refractivity contribution in [3.05, 3.63) is 0 Å². The quantitative estimate of drug-likeness (QED) is 0.0940. The Kier molecular flexibility index (Phi) is 30.8. The molecule has 0 amide bonds. The fourth-order valence-corrected chi connectivity index (χ4v) is 4.50. The van der Waals surface area contributed by atoms with Crippen LogP contribution in [0.5, 0.6) is 0 Å². The maximum atomic E-state index is 8.71. The van der Waals surface area contributed by atoms with Gasteiger partial charge in [-0.2, -0.15) is 0 Å². The van der Waals surface area contributed by atoms with Gasteiger partial charge in [-0.1, -0.05) is 117 Å². The van der Waals surface area contributed by atoms with E-state index in [2.05, 4.69) is 20.8 Å². The fraction of sp³-hybridized carbons (Fsp3) is 1.00. The lowest BCUT2D eigenvalue weighted by atomic mass is 10.0. The van der Waals surface area contributed by atoms with Crippen molar-refractivity contribution in [2.45, 2.75) is 155 Å². The number of hydrogen-bond acceptors (Lipinski definition) is 5. The first-order chi connectivity index (χ1) is 17.8. The highest BCUT2D eigenvalue weighted by Gasteiger charge is 2.18. The molecule has 218 valence electrons. The summed E-state index contributed by atoms with van der Waals surface area (Å²) in [4.78, 5) is 0. The molecular weight excluding hydrogens is 452 g/mol. The summed E-state index contributed by atoms with van der Waals surface area (Å²) in [6, 6.07) is 0. The predicted octanol–water partition coefficient (Wildman–Crippen LogP) is 8.25. The van der Waals surface area contributed by atoms with E-state index >= 15 is 0 Å². The van der Waals surface area contributed by atoms with Crippen LogP contribution in [0.4, 0.5) is 0 Å². The van der Waals surface area contributed by atoms with Crippen LogP contribution in [0.25, 0.3) is 0 Å². The van der Waals surface area contributed by atoms with Crippen LogP contribution in [0.3, 0.4) is 0 Å². The molecule has 0 spiro atoms. The van der Waals surface area contributed by atoms with Crippen molar-refractivity contribution >= 4 is 0 Å². The van der Waals surface area contributed by atoms with Crippen molar-refractivity contribution in [1.29, 1.82) is 0 Å². The topological polar surface area (TPSA) is 57.2 Å². The average Bonchev–Trinajstić information content (AvgIpc) is 2.88. The van der Waals surface area contributed by atoms with Crippen LogP contribution in [0.15, 0.2) is 0 Å². The van der Waals surface area contributed by atoms with Crippen LogP contribution < -0.4 is 0 Å². The van der Waals surface area contributed by atoms with E-state index in [0.29, 0.717) is 33.0 Å². The highest BCUT2D eigenvalue weighted by atomic mass is 16.5. The van der Waals surface area contributed by atoms with Crippen molar-refractivity contribution in [2.24, 2.45) is 0 Å². The first kappa shape index (κ1) is 35.8. The molecule has 0 bridgehead atoms. The molecule has 0 aliphatic carbocycles. The van der Waals surface area contributed by atoms with Gasteiger partial charge in [0.2, 0.25) is 0 Å². The normalized spacial score (nSPS) is 13.3. The SMILES string of the molecule is CCCCCCCCCCCCCCCC(OCCCOCCOCCO)C(C)OCCCCCC. The minimum absolute atomic E-state index is 0.0628. The monoisotopic (exact) mass is 516 g/mol. The molecule has 0 saturated carbocycles. The number of aliphatic hydroxyl groups is 1. The Morgan fingerprint density at radius 2 is 0.944 bits per heavy atom. The largest absolute Gasteiger partial charge is 0.394 e. The molecule has 0 heterocycles. The molecule has 2 atom stereocenters. The minimum Gasteiger partial charge on any atom is -0.394 e. The zero-order valence-corrected chi connectivity index (χ0v) is 24.6. The van der Waals surface area contributed by atoms with Gasteiger partial charge >= 0.3 is 0 Å². The molecule has 36 heavy (non-hydrogen) atoms. The second kappa shape index (κ2) is 31.0. The lowest BCUT2D eigenvalue weighted by Crippen LogP contribution is -2.30. The second-order valence-corrected chi connectivity index (χ2v) is 10.4. The number of ether oxygens (including phenoxy) is 4. The lowest BCUT2D eigenvalue weighted by Gasteiger charge is -2.25. The number of unbranched alkanes of at least 4 members (excludes halogenated alkanes) is 15. The van der Waals surface area contributed by atoms with Gasteiger partial charge in [-0.3, -0.25) is 0 Å². The Bertz CT molecular complexity index is 393. The lowest BCUT2D eigenvalue weighted by molar-refractivity contribution is -0.0739. The summed E-state index contributed by atoms with van der Waals surface area (Å²) in [6.07, 6.45) is 25.2. The number of aliphatic hydroxyl groups excluding tert-OH is 1. The summed E-state index contributed by atoms with van der Waals surface area (Å²) in [6.45, 7) is 10.5. The van der Waals surface area contributed by atoms with Crippen molar-refractivity contribution in [3.63, 3.8) is 0 Å². The molecule has 0 fully saturated rings. The maximum absolute atomic E-state index is 8.71. The first-order valence-corrected chi connectivity index (χ1v) is 15.8. The standard InChI is InChI=1S/C31H64O5/c1-4-6-8-10-11-12-13-14-15-16-17-18-19-22-31(30(3)35-25-20-9-7-5-2)36-26-21-24-33-28-29-34-27-23-32/h30-32H,4-29H2,1-3H3. The summed E-state index contributed by atoms with van der Waals surface area (Å²) in [5.41, 5.74) is 0. The number of rotatable bonds is 31. The van der Waals surface area contributed by atoms with E-state index in [9.17, 15) is 0 Å². The Balaban J connectivity index is 3.92. The van der Waals surface area contributed by atoms with Gasteiger partial charge in [0.15, 0.2) is 0 Å².